The molecule has 0 bridgehead atoms. The lowest BCUT2D eigenvalue weighted by molar-refractivity contribution is -0.146. The molecule has 1 amide bonds. The number of esters is 1. The van der Waals surface area contributed by atoms with Crippen molar-refractivity contribution in [2.45, 2.75) is 38.8 Å². The van der Waals surface area contributed by atoms with Crippen molar-refractivity contribution in [1.82, 2.24) is 9.88 Å². The molecule has 1 aliphatic heterocycles. The summed E-state index contributed by atoms with van der Waals surface area (Å²) in [5.41, 5.74) is 0.928. The van der Waals surface area contributed by atoms with Gasteiger partial charge in [-0.15, -0.1) is 0 Å². The number of carbonyl (C=O) groups excluding carboxylic acids is 2. The van der Waals surface area contributed by atoms with Crippen LogP contribution in [0.25, 0.3) is 0 Å². The Labute approximate surface area is 130 Å². The standard InChI is InChI=1S/C16H22N2O4/c1-2-21-15(19)7-9-18(12-13-5-3-8-17-11-13)16(20)14-6-4-10-22-14/h3,5,8,11,14H,2,4,6-7,9-10,12H2,1H3. The summed E-state index contributed by atoms with van der Waals surface area (Å²) in [6.45, 7) is 3.48. The first-order chi connectivity index (χ1) is 10.7. The van der Waals surface area contributed by atoms with Crippen molar-refractivity contribution in [3.05, 3.63) is 30.1 Å². The number of hydrogen-bond acceptors (Lipinski definition) is 5. The van der Waals surface area contributed by atoms with Gasteiger partial charge in [0.25, 0.3) is 5.91 Å². The van der Waals surface area contributed by atoms with E-state index in [-0.39, 0.29) is 24.4 Å². The molecule has 2 heterocycles. The maximum atomic E-state index is 12.5. The van der Waals surface area contributed by atoms with Gasteiger partial charge in [-0.1, -0.05) is 6.07 Å². The third-order valence-electron chi connectivity index (χ3n) is 3.50. The van der Waals surface area contributed by atoms with E-state index < -0.39 is 0 Å². The molecule has 6 nitrogen and oxygen atoms in total. The minimum Gasteiger partial charge on any atom is -0.466 e. The summed E-state index contributed by atoms with van der Waals surface area (Å²) in [4.78, 5) is 29.8. The normalized spacial score (nSPS) is 17.2. The van der Waals surface area contributed by atoms with E-state index in [0.29, 0.717) is 26.3 Å². The van der Waals surface area contributed by atoms with E-state index in [4.69, 9.17) is 9.47 Å². The van der Waals surface area contributed by atoms with Crippen molar-refractivity contribution in [2.75, 3.05) is 19.8 Å². The number of pyridine rings is 1. The Hall–Kier alpha value is -1.95. The summed E-state index contributed by atoms with van der Waals surface area (Å²) in [6, 6.07) is 3.74. The van der Waals surface area contributed by atoms with Gasteiger partial charge in [0.2, 0.25) is 0 Å². The van der Waals surface area contributed by atoms with E-state index in [0.717, 1.165) is 18.4 Å². The Bertz CT molecular complexity index is 486. The molecule has 1 unspecified atom stereocenters. The van der Waals surface area contributed by atoms with Crippen LogP contribution in [0.4, 0.5) is 0 Å². The van der Waals surface area contributed by atoms with Gasteiger partial charge in [0.1, 0.15) is 6.10 Å². The highest BCUT2D eigenvalue weighted by molar-refractivity contribution is 5.81. The smallest absolute Gasteiger partial charge is 0.307 e. The van der Waals surface area contributed by atoms with Crippen molar-refractivity contribution in [2.24, 2.45) is 0 Å². The third kappa shape index (κ3) is 4.80. The van der Waals surface area contributed by atoms with Crippen LogP contribution in [0.3, 0.4) is 0 Å². The van der Waals surface area contributed by atoms with E-state index in [1.165, 1.54) is 0 Å². The second kappa shape index (κ2) is 8.48. The fraction of sp³-hybridized carbons (Fsp3) is 0.562. The molecule has 0 aliphatic carbocycles. The molecular formula is C16H22N2O4. The van der Waals surface area contributed by atoms with Crippen molar-refractivity contribution in [3.63, 3.8) is 0 Å². The molecule has 1 aromatic rings. The van der Waals surface area contributed by atoms with Crippen molar-refractivity contribution in [3.8, 4) is 0 Å². The molecule has 1 aliphatic rings. The Kier molecular flexibility index (Phi) is 6.33. The second-order valence-corrected chi connectivity index (χ2v) is 5.18. The fourth-order valence-electron chi connectivity index (χ4n) is 2.41. The number of hydrogen-bond donors (Lipinski definition) is 0. The van der Waals surface area contributed by atoms with Crippen LogP contribution < -0.4 is 0 Å². The molecule has 0 N–H and O–H groups in total. The highest BCUT2D eigenvalue weighted by Gasteiger charge is 2.28. The fourth-order valence-corrected chi connectivity index (χ4v) is 2.41. The molecule has 0 radical (unpaired) electrons. The summed E-state index contributed by atoms with van der Waals surface area (Å²) in [6.07, 6.45) is 4.84. The number of rotatable bonds is 7. The topological polar surface area (TPSA) is 68.7 Å². The van der Waals surface area contributed by atoms with Gasteiger partial charge in [-0.25, -0.2) is 0 Å². The number of carbonyl (C=O) groups is 2. The summed E-state index contributed by atoms with van der Waals surface area (Å²) < 4.78 is 10.4. The molecule has 0 aromatic carbocycles. The molecular weight excluding hydrogens is 284 g/mol. The zero-order valence-corrected chi connectivity index (χ0v) is 12.9. The quantitative estimate of drug-likeness (QED) is 0.715. The monoisotopic (exact) mass is 306 g/mol. The van der Waals surface area contributed by atoms with Crippen LogP contribution >= 0.6 is 0 Å². The maximum Gasteiger partial charge on any atom is 0.307 e. The molecule has 1 fully saturated rings. The van der Waals surface area contributed by atoms with Crippen LogP contribution in [0.1, 0.15) is 31.7 Å². The highest BCUT2D eigenvalue weighted by atomic mass is 16.5. The molecule has 0 spiro atoms. The van der Waals surface area contributed by atoms with Gasteiger partial charge in [-0.3, -0.25) is 14.6 Å². The van der Waals surface area contributed by atoms with Crippen molar-refractivity contribution < 1.29 is 19.1 Å². The van der Waals surface area contributed by atoms with E-state index in [2.05, 4.69) is 4.98 Å². The van der Waals surface area contributed by atoms with Gasteiger partial charge in [0, 0.05) is 32.1 Å². The highest BCUT2D eigenvalue weighted by Crippen LogP contribution is 2.16. The number of nitrogens with zero attached hydrogens (tertiary/aromatic N) is 2. The molecule has 22 heavy (non-hydrogen) atoms. The lowest BCUT2D eigenvalue weighted by atomic mass is 10.2. The van der Waals surface area contributed by atoms with Crippen LogP contribution in [0.15, 0.2) is 24.5 Å². The van der Waals surface area contributed by atoms with E-state index in [1.807, 2.05) is 12.1 Å². The number of ether oxygens (including phenoxy) is 2. The largest absolute Gasteiger partial charge is 0.466 e. The number of amides is 1. The Morgan fingerprint density at radius 1 is 1.50 bits per heavy atom. The average molecular weight is 306 g/mol. The Morgan fingerprint density at radius 2 is 2.36 bits per heavy atom. The van der Waals surface area contributed by atoms with Crippen LogP contribution in [-0.4, -0.2) is 47.6 Å². The summed E-state index contributed by atoms with van der Waals surface area (Å²) >= 11 is 0. The molecule has 1 atom stereocenters. The van der Waals surface area contributed by atoms with E-state index in [9.17, 15) is 9.59 Å². The van der Waals surface area contributed by atoms with Gasteiger partial charge in [-0.05, 0) is 31.4 Å². The zero-order valence-electron chi connectivity index (χ0n) is 12.9. The summed E-state index contributed by atoms with van der Waals surface area (Å²) in [5.74, 6) is -0.357. The molecule has 1 aromatic heterocycles. The van der Waals surface area contributed by atoms with Crippen LogP contribution in [0.5, 0.6) is 0 Å². The van der Waals surface area contributed by atoms with Gasteiger partial charge >= 0.3 is 5.97 Å². The molecule has 0 saturated carbocycles. The summed E-state index contributed by atoms with van der Waals surface area (Å²) in [5, 5.41) is 0. The van der Waals surface area contributed by atoms with Gasteiger partial charge in [0.05, 0.1) is 13.0 Å². The summed E-state index contributed by atoms with van der Waals surface area (Å²) in [7, 11) is 0. The minimum absolute atomic E-state index is 0.0642. The zero-order chi connectivity index (χ0) is 15.8. The predicted octanol–water partition coefficient (Wildman–Crippen LogP) is 1.54. The first kappa shape index (κ1) is 16.4. The van der Waals surface area contributed by atoms with Crippen LogP contribution in [0.2, 0.25) is 0 Å². The van der Waals surface area contributed by atoms with Gasteiger partial charge in [-0.2, -0.15) is 0 Å². The van der Waals surface area contributed by atoms with E-state index in [1.54, 1.807) is 24.2 Å². The maximum absolute atomic E-state index is 12.5. The first-order valence-electron chi connectivity index (χ1n) is 7.65. The molecule has 120 valence electrons. The molecule has 1 saturated heterocycles. The van der Waals surface area contributed by atoms with Crippen LogP contribution in [-0.2, 0) is 25.6 Å². The SMILES string of the molecule is CCOC(=O)CCN(Cc1cccnc1)C(=O)C1CCCO1. The third-order valence-corrected chi connectivity index (χ3v) is 3.50. The Morgan fingerprint density at radius 3 is 3.00 bits per heavy atom. The predicted molar refractivity (Wildman–Crippen MR) is 79.9 cm³/mol. The number of aromatic nitrogens is 1. The van der Waals surface area contributed by atoms with Gasteiger partial charge in [0.15, 0.2) is 0 Å². The lowest BCUT2D eigenvalue weighted by Crippen LogP contribution is -2.39. The second-order valence-electron chi connectivity index (χ2n) is 5.18. The van der Waals surface area contributed by atoms with Crippen molar-refractivity contribution >= 4 is 11.9 Å². The van der Waals surface area contributed by atoms with E-state index >= 15 is 0 Å². The minimum atomic E-state index is -0.390. The lowest BCUT2D eigenvalue weighted by Gasteiger charge is -2.25. The van der Waals surface area contributed by atoms with Crippen LogP contribution in [0, 0.1) is 0 Å². The Balaban J connectivity index is 1.99. The first-order valence-corrected chi connectivity index (χ1v) is 7.65. The van der Waals surface area contributed by atoms with Gasteiger partial charge < -0.3 is 14.4 Å². The van der Waals surface area contributed by atoms with Crippen molar-refractivity contribution in [1.29, 1.82) is 0 Å². The average Bonchev–Trinajstić information content (AvgIpc) is 3.06. The molecule has 6 heteroatoms. The molecule has 2 rings (SSSR count).